The third-order valence-corrected chi connectivity index (χ3v) is 3.20. The van der Waals surface area contributed by atoms with Crippen LogP contribution >= 0.6 is 0 Å². The van der Waals surface area contributed by atoms with Gasteiger partial charge >= 0.3 is 0 Å². The van der Waals surface area contributed by atoms with E-state index in [9.17, 15) is 5.11 Å². The van der Waals surface area contributed by atoms with E-state index in [0.29, 0.717) is 11.7 Å². The number of aliphatic hydroxyl groups excluding tert-OH is 1. The molecule has 1 aliphatic rings. The summed E-state index contributed by atoms with van der Waals surface area (Å²) in [5, 5.41) is 17.8. The Bertz CT molecular complexity index is 519. The molecule has 3 rings (SSSR count). The molecule has 17 heavy (non-hydrogen) atoms. The van der Waals surface area contributed by atoms with Crippen molar-refractivity contribution in [3.63, 3.8) is 0 Å². The molecule has 90 valence electrons. The minimum atomic E-state index is -0.350. The van der Waals surface area contributed by atoms with Crippen molar-refractivity contribution in [3.8, 4) is 11.4 Å². The molecular weight excluding hydrogens is 220 g/mol. The van der Waals surface area contributed by atoms with Gasteiger partial charge in [0.05, 0.1) is 23.8 Å². The fraction of sp³-hybridized carbons (Fsp3) is 0.545. The lowest BCUT2D eigenvalue weighted by atomic mass is 10.1. The molecule has 6 heteroatoms. The minimum Gasteiger partial charge on any atom is -0.392 e. The number of hydrogen-bond acceptors (Lipinski definition) is 5. The van der Waals surface area contributed by atoms with Crippen molar-refractivity contribution in [1.82, 2.24) is 19.9 Å². The van der Waals surface area contributed by atoms with Crippen LogP contribution in [-0.4, -0.2) is 31.1 Å². The SMILES string of the molecule is Cn1cc(-c2noc(C3CCCC3O)n2)cn1. The second-order valence-electron chi connectivity index (χ2n) is 4.46. The van der Waals surface area contributed by atoms with Gasteiger partial charge < -0.3 is 9.63 Å². The van der Waals surface area contributed by atoms with Gasteiger partial charge in [0.15, 0.2) is 0 Å². The summed E-state index contributed by atoms with van der Waals surface area (Å²) in [4.78, 5) is 4.34. The predicted molar refractivity (Wildman–Crippen MR) is 59.1 cm³/mol. The Hall–Kier alpha value is -1.69. The van der Waals surface area contributed by atoms with Crippen LogP contribution in [0.3, 0.4) is 0 Å². The highest BCUT2D eigenvalue weighted by atomic mass is 16.5. The minimum absolute atomic E-state index is 0.00655. The first-order chi connectivity index (χ1) is 8.24. The van der Waals surface area contributed by atoms with Crippen LogP contribution in [-0.2, 0) is 7.05 Å². The summed E-state index contributed by atoms with van der Waals surface area (Å²) in [5.41, 5.74) is 0.829. The zero-order valence-electron chi connectivity index (χ0n) is 9.58. The van der Waals surface area contributed by atoms with Gasteiger partial charge in [-0.25, -0.2) is 0 Å². The van der Waals surface area contributed by atoms with E-state index in [-0.39, 0.29) is 12.0 Å². The Morgan fingerprint density at radius 2 is 2.35 bits per heavy atom. The average molecular weight is 234 g/mol. The molecule has 2 aromatic heterocycles. The van der Waals surface area contributed by atoms with Crippen LogP contribution in [0, 0.1) is 0 Å². The first-order valence-corrected chi connectivity index (χ1v) is 5.75. The maximum absolute atomic E-state index is 9.78. The largest absolute Gasteiger partial charge is 0.392 e. The van der Waals surface area contributed by atoms with E-state index >= 15 is 0 Å². The van der Waals surface area contributed by atoms with Gasteiger partial charge in [-0.15, -0.1) is 0 Å². The number of aliphatic hydroxyl groups is 1. The van der Waals surface area contributed by atoms with Gasteiger partial charge in [-0.05, 0) is 19.3 Å². The predicted octanol–water partition coefficient (Wildman–Crippen LogP) is 1.10. The summed E-state index contributed by atoms with van der Waals surface area (Å²) >= 11 is 0. The zero-order chi connectivity index (χ0) is 11.8. The zero-order valence-corrected chi connectivity index (χ0v) is 9.58. The molecule has 0 saturated heterocycles. The Kier molecular flexibility index (Phi) is 2.44. The standard InChI is InChI=1S/C11H14N4O2/c1-15-6-7(5-12-15)10-13-11(17-14-10)8-3-2-4-9(8)16/h5-6,8-9,16H,2-4H2,1H3. The Morgan fingerprint density at radius 1 is 1.47 bits per heavy atom. The van der Waals surface area contributed by atoms with Gasteiger partial charge in [-0.2, -0.15) is 10.1 Å². The fourth-order valence-corrected chi connectivity index (χ4v) is 2.27. The van der Waals surface area contributed by atoms with Crippen LogP contribution < -0.4 is 0 Å². The molecule has 2 unspecified atom stereocenters. The van der Waals surface area contributed by atoms with Crippen molar-refractivity contribution in [3.05, 3.63) is 18.3 Å². The summed E-state index contributed by atoms with van der Waals surface area (Å²) in [6, 6.07) is 0. The van der Waals surface area contributed by atoms with E-state index in [4.69, 9.17) is 4.52 Å². The second-order valence-corrected chi connectivity index (χ2v) is 4.46. The van der Waals surface area contributed by atoms with Crippen molar-refractivity contribution >= 4 is 0 Å². The Balaban J connectivity index is 1.87. The molecule has 1 saturated carbocycles. The molecule has 6 nitrogen and oxygen atoms in total. The van der Waals surface area contributed by atoms with Crippen molar-refractivity contribution in [2.24, 2.45) is 7.05 Å². The normalized spacial score (nSPS) is 24.4. The van der Waals surface area contributed by atoms with Crippen molar-refractivity contribution in [1.29, 1.82) is 0 Å². The van der Waals surface area contributed by atoms with E-state index in [1.54, 1.807) is 10.9 Å². The molecule has 0 aliphatic heterocycles. The summed E-state index contributed by atoms with van der Waals surface area (Å²) in [6.45, 7) is 0. The third kappa shape index (κ3) is 1.84. The second kappa shape index (κ2) is 3.96. The van der Waals surface area contributed by atoms with Crippen LogP contribution in [0.25, 0.3) is 11.4 Å². The highest BCUT2D eigenvalue weighted by molar-refractivity contribution is 5.51. The van der Waals surface area contributed by atoms with E-state index in [1.165, 1.54) is 0 Å². The first kappa shape index (κ1) is 10.5. The molecule has 0 aromatic carbocycles. The quantitative estimate of drug-likeness (QED) is 0.841. The number of aromatic nitrogens is 4. The van der Waals surface area contributed by atoms with E-state index in [1.807, 2.05) is 13.2 Å². The number of aryl methyl sites for hydroxylation is 1. The smallest absolute Gasteiger partial charge is 0.232 e. The van der Waals surface area contributed by atoms with Crippen LogP contribution in [0.1, 0.15) is 31.1 Å². The maximum atomic E-state index is 9.78. The lowest BCUT2D eigenvalue weighted by Gasteiger charge is -2.07. The molecule has 0 spiro atoms. The van der Waals surface area contributed by atoms with E-state index in [2.05, 4.69) is 15.2 Å². The number of hydrogen-bond donors (Lipinski definition) is 1. The van der Waals surface area contributed by atoms with Crippen LogP contribution in [0.15, 0.2) is 16.9 Å². The van der Waals surface area contributed by atoms with Gasteiger partial charge in [0.1, 0.15) is 0 Å². The highest BCUT2D eigenvalue weighted by Gasteiger charge is 2.31. The van der Waals surface area contributed by atoms with Gasteiger partial charge in [-0.1, -0.05) is 5.16 Å². The molecule has 2 aromatic rings. The Labute approximate surface area is 98.3 Å². The van der Waals surface area contributed by atoms with Crippen molar-refractivity contribution in [2.45, 2.75) is 31.3 Å². The topological polar surface area (TPSA) is 77.0 Å². The maximum Gasteiger partial charge on any atom is 0.232 e. The van der Waals surface area contributed by atoms with E-state index in [0.717, 1.165) is 24.8 Å². The lowest BCUT2D eigenvalue weighted by molar-refractivity contribution is 0.148. The Morgan fingerprint density at radius 3 is 3.00 bits per heavy atom. The summed E-state index contributed by atoms with van der Waals surface area (Å²) in [7, 11) is 1.84. The molecule has 0 radical (unpaired) electrons. The third-order valence-electron chi connectivity index (χ3n) is 3.20. The van der Waals surface area contributed by atoms with Crippen molar-refractivity contribution < 1.29 is 9.63 Å². The molecule has 2 atom stereocenters. The molecule has 0 amide bonds. The van der Waals surface area contributed by atoms with Crippen LogP contribution in [0.5, 0.6) is 0 Å². The summed E-state index contributed by atoms with van der Waals surface area (Å²) < 4.78 is 6.91. The van der Waals surface area contributed by atoms with Gasteiger partial charge in [-0.3, -0.25) is 4.68 Å². The van der Waals surface area contributed by atoms with Crippen LogP contribution in [0.4, 0.5) is 0 Å². The molecule has 1 N–H and O–H groups in total. The van der Waals surface area contributed by atoms with Crippen molar-refractivity contribution in [2.75, 3.05) is 0 Å². The van der Waals surface area contributed by atoms with E-state index < -0.39 is 0 Å². The van der Waals surface area contributed by atoms with Gasteiger partial charge in [0, 0.05) is 13.2 Å². The fourth-order valence-electron chi connectivity index (χ4n) is 2.27. The summed E-state index contributed by atoms with van der Waals surface area (Å²) in [6.07, 6.45) is 5.92. The number of nitrogens with zero attached hydrogens (tertiary/aromatic N) is 4. The molecule has 1 aliphatic carbocycles. The van der Waals surface area contributed by atoms with Gasteiger partial charge in [0.25, 0.3) is 0 Å². The first-order valence-electron chi connectivity index (χ1n) is 5.75. The average Bonchev–Trinajstić information content (AvgIpc) is 2.97. The van der Waals surface area contributed by atoms with Crippen LogP contribution in [0.2, 0.25) is 0 Å². The molecular formula is C11H14N4O2. The van der Waals surface area contributed by atoms with Gasteiger partial charge in [0.2, 0.25) is 11.7 Å². The molecule has 1 fully saturated rings. The lowest BCUT2D eigenvalue weighted by Crippen LogP contribution is -2.11. The molecule has 0 bridgehead atoms. The monoisotopic (exact) mass is 234 g/mol. The highest BCUT2D eigenvalue weighted by Crippen LogP contribution is 2.34. The molecule has 2 heterocycles. The number of rotatable bonds is 2. The summed E-state index contributed by atoms with van der Waals surface area (Å²) in [5.74, 6) is 1.06.